The summed E-state index contributed by atoms with van der Waals surface area (Å²) in [5, 5.41) is 6.63. The van der Waals surface area contributed by atoms with E-state index in [4.69, 9.17) is 0 Å². The highest BCUT2D eigenvalue weighted by atomic mass is 127. The molecule has 0 aliphatic heterocycles. The standard InChI is InChI=1S/C18H24N4.HI/c1-13-8-9-16(14(2)10-13)11-20-18(19-4)21-12-17-7-5-6-15(3)22-17;/h5-10H,11-12H2,1-4H3,(H2,19,20,21);1H. The van der Waals surface area contributed by atoms with Crippen LogP contribution < -0.4 is 10.6 Å². The van der Waals surface area contributed by atoms with E-state index in [9.17, 15) is 0 Å². The summed E-state index contributed by atoms with van der Waals surface area (Å²) >= 11 is 0. The van der Waals surface area contributed by atoms with Crippen LogP contribution in [0.1, 0.15) is 28.1 Å². The van der Waals surface area contributed by atoms with E-state index in [1.807, 2.05) is 25.1 Å². The first-order valence-corrected chi connectivity index (χ1v) is 7.51. The molecule has 0 saturated heterocycles. The van der Waals surface area contributed by atoms with E-state index in [0.717, 1.165) is 23.9 Å². The van der Waals surface area contributed by atoms with Crippen LogP contribution in [0.15, 0.2) is 41.4 Å². The van der Waals surface area contributed by atoms with Crippen LogP contribution in [0.4, 0.5) is 0 Å². The fourth-order valence-electron chi connectivity index (χ4n) is 2.32. The Labute approximate surface area is 155 Å². The summed E-state index contributed by atoms with van der Waals surface area (Å²) in [4.78, 5) is 8.73. The lowest BCUT2D eigenvalue weighted by molar-refractivity contribution is 0.789. The molecule has 124 valence electrons. The first-order chi connectivity index (χ1) is 10.6. The minimum atomic E-state index is 0. The highest BCUT2D eigenvalue weighted by Gasteiger charge is 2.02. The summed E-state index contributed by atoms with van der Waals surface area (Å²) in [6.45, 7) is 7.66. The van der Waals surface area contributed by atoms with E-state index in [2.05, 4.69) is 52.7 Å². The normalized spacial score (nSPS) is 10.9. The third kappa shape index (κ3) is 6.17. The van der Waals surface area contributed by atoms with Crippen molar-refractivity contribution in [2.45, 2.75) is 33.9 Å². The topological polar surface area (TPSA) is 49.3 Å². The summed E-state index contributed by atoms with van der Waals surface area (Å²) < 4.78 is 0. The van der Waals surface area contributed by atoms with Gasteiger partial charge in [0.05, 0.1) is 12.2 Å². The van der Waals surface area contributed by atoms with Crippen molar-refractivity contribution < 1.29 is 0 Å². The smallest absolute Gasteiger partial charge is 0.191 e. The van der Waals surface area contributed by atoms with E-state index in [1.54, 1.807) is 7.05 Å². The molecule has 0 saturated carbocycles. The molecule has 0 spiro atoms. The number of benzene rings is 1. The van der Waals surface area contributed by atoms with Gasteiger partial charge in [-0.1, -0.05) is 29.8 Å². The quantitative estimate of drug-likeness (QED) is 0.449. The average molecular weight is 424 g/mol. The molecule has 4 nitrogen and oxygen atoms in total. The highest BCUT2D eigenvalue weighted by Crippen LogP contribution is 2.09. The molecule has 2 aromatic rings. The molecule has 0 aliphatic carbocycles. The molecule has 0 atom stereocenters. The Morgan fingerprint density at radius 1 is 1.04 bits per heavy atom. The SMILES string of the molecule is CN=C(NCc1cccc(C)n1)NCc1ccc(C)cc1C.I. The Hall–Kier alpha value is -1.63. The Morgan fingerprint density at radius 2 is 1.78 bits per heavy atom. The summed E-state index contributed by atoms with van der Waals surface area (Å²) in [7, 11) is 1.78. The molecular weight excluding hydrogens is 399 g/mol. The van der Waals surface area contributed by atoms with Crippen molar-refractivity contribution in [3.8, 4) is 0 Å². The van der Waals surface area contributed by atoms with Crippen molar-refractivity contribution in [1.82, 2.24) is 15.6 Å². The zero-order chi connectivity index (χ0) is 15.9. The second kappa shape index (κ2) is 9.50. The van der Waals surface area contributed by atoms with Crippen molar-refractivity contribution in [3.63, 3.8) is 0 Å². The Kier molecular flexibility index (Phi) is 8.02. The van der Waals surface area contributed by atoms with Crippen molar-refractivity contribution >= 4 is 29.9 Å². The molecule has 2 rings (SSSR count). The van der Waals surface area contributed by atoms with E-state index >= 15 is 0 Å². The van der Waals surface area contributed by atoms with Crippen molar-refractivity contribution in [1.29, 1.82) is 0 Å². The summed E-state index contributed by atoms with van der Waals surface area (Å²) in [6, 6.07) is 12.5. The highest BCUT2D eigenvalue weighted by molar-refractivity contribution is 14.0. The summed E-state index contributed by atoms with van der Waals surface area (Å²) in [5.41, 5.74) is 5.90. The van der Waals surface area contributed by atoms with Crippen LogP contribution in [-0.4, -0.2) is 18.0 Å². The van der Waals surface area contributed by atoms with Crippen molar-refractivity contribution in [2.75, 3.05) is 7.05 Å². The van der Waals surface area contributed by atoms with Gasteiger partial charge in [-0.15, -0.1) is 24.0 Å². The monoisotopic (exact) mass is 424 g/mol. The van der Waals surface area contributed by atoms with Gasteiger partial charge in [-0.05, 0) is 44.0 Å². The zero-order valence-corrected chi connectivity index (χ0v) is 16.5. The van der Waals surface area contributed by atoms with Crippen molar-refractivity contribution in [3.05, 3.63) is 64.5 Å². The third-order valence-corrected chi connectivity index (χ3v) is 3.55. The molecule has 5 heteroatoms. The van der Waals surface area contributed by atoms with Crippen LogP contribution in [0.5, 0.6) is 0 Å². The summed E-state index contributed by atoms with van der Waals surface area (Å²) in [5.74, 6) is 0.781. The van der Waals surface area contributed by atoms with Crippen LogP contribution in [0.3, 0.4) is 0 Å². The molecule has 0 unspecified atom stereocenters. The van der Waals surface area contributed by atoms with Gasteiger partial charge in [0.25, 0.3) is 0 Å². The molecule has 1 aromatic heterocycles. The minimum Gasteiger partial charge on any atom is -0.352 e. The predicted molar refractivity (Wildman–Crippen MR) is 107 cm³/mol. The van der Waals surface area contributed by atoms with Gasteiger partial charge >= 0.3 is 0 Å². The first kappa shape index (κ1) is 19.4. The number of rotatable bonds is 4. The molecule has 0 bridgehead atoms. The molecule has 1 aromatic carbocycles. The average Bonchev–Trinajstić information content (AvgIpc) is 2.49. The number of aryl methyl sites for hydroxylation is 3. The van der Waals surface area contributed by atoms with Gasteiger partial charge in [0, 0.05) is 19.3 Å². The van der Waals surface area contributed by atoms with Crippen molar-refractivity contribution in [2.24, 2.45) is 4.99 Å². The second-order valence-electron chi connectivity index (χ2n) is 5.48. The van der Waals surface area contributed by atoms with Gasteiger partial charge in [-0.2, -0.15) is 0 Å². The molecule has 0 fully saturated rings. The van der Waals surface area contributed by atoms with Crippen LogP contribution in [-0.2, 0) is 13.1 Å². The first-order valence-electron chi connectivity index (χ1n) is 7.51. The summed E-state index contributed by atoms with van der Waals surface area (Å²) in [6.07, 6.45) is 0. The maximum absolute atomic E-state index is 4.48. The van der Waals surface area contributed by atoms with Gasteiger partial charge < -0.3 is 10.6 Å². The number of halogens is 1. The zero-order valence-electron chi connectivity index (χ0n) is 14.2. The largest absolute Gasteiger partial charge is 0.352 e. The predicted octanol–water partition coefficient (Wildman–Crippen LogP) is 3.49. The molecule has 0 aliphatic rings. The molecule has 0 amide bonds. The number of nitrogens with zero attached hydrogens (tertiary/aromatic N) is 2. The van der Waals surface area contributed by atoms with Gasteiger partial charge in [0.2, 0.25) is 0 Å². The van der Waals surface area contributed by atoms with E-state index < -0.39 is 0 Å². The molecule has 23 heavy (non-hydrogen) atoms. The number of aliphatic imine (C=N–C) groups is 1. The van der Waals surface area contributed by atoms with E-state index in [0.29, 0.717) is 6.54 Å². The Balaban J connectivity index is 0.00000264. The maximum Gasteiger partial charge on any atom is 0.191 e. The third-order valence-electron chi connectivity index (χ3n) is 3.55. The molecule has 0 radical (unpaired) electrons. The number of pyridine rings is 1. The fraction of sp³-hybridized carbons (Fsp3) is 0.333. The number of hydrogen-bond acceptors (Lipinski definition) is 2. The molecule has 1 heterocycles. The lowest BCUT2D eigenvalue weighted by Gasteiger charge is -2.13. The number of hydrogen-bond donors (Lipinski definition) is 2. The number of guanidine groups is 1. The van der Waals surface area contributed by atoms with Crippen LogP contribution in [0, 0.1) is 20.8 Å². The van der Waals surface area contributed by atoms with E-state index in [1.165, 1.54) is 16.7 Å². The minimum absolute atomic E-state index is 0. The van der Waals surface area contributed by atoms with Crippen LogP contribution in [0.25, 0.3) is 0 Å². The van der Waals surface area contributed by atoms with E-state index in [-0.39, 0.29) is 24.0 Å². The Bertz CT molecular complexity index is 668. The molecule has 2 N–H and O–H groups in total. The fourth-order valence-corrected chi connectivity index (χ4v) is 2.32. The van der Waals surface area contributed by atoms with Gasteiger partial charge in [0.1, 0.15) is 0 Å². The lowest BCUT2D eigenvalue weighted by atomic mass is 10.1. The van der Waals surface area contributed by atoms with Gasteiger partial charge in [-0.25, -0.2) is 0 Å². The maximum atomic E-state index is 4.48. The Morgan fingerprint density at radius 3 is 2.43 bits per heavy atom. The molecular formula is C18H25IN4. The second-order valence-corrected chi connectivity index (χ2v) is 5.48. The number of nitrogens with one attached hydrogen (secondary N) is 2. The van der Waals surface area contributed by atoms with Gasteiger partial charge in [0.15, 0.2) is 5.96 Å². The lowest BCUT2D eigenvalue weighted by Crippen LogP contribution is -2.36. The van der Waals surface area contributed by atoms with Crippen LogP contribution in [0.2, 0.25) is 0 Å². The van der Waals surface area contributed by atoms with Gasteiger partial charge in [-0.3, -0.25) is 9.98 Å². The number of aromatic nitrogens is 1. The van der Waals surface area contributed by atoms with Crippen LogP contribution >= 0.6 is 24.0 Å².